The van der Waals surface area contributed by atoms with E-state index in [-0.39, 0.29) is 29.6 Å². The lowest BCUT2D eigenvalue weighted by Crippen LogP contribution is -2.30. The van der Waals surface area contributed by atoms with Gasteiger partial charge in [0.05, 0.1) is 11.4 Å². The summed E-state index contributed by atoms with van der Waals surface area (Å²) < 4.78 is 38.1. The molecule has 1 aliphatic heterocycles. The number of benzene rings is 2. The number of hydrogen-bond donors (Lipinski definition) is 1. The third-order valence-corrected chi connectivity index (χ3v) is 7.34. The van der Waals surface area contributed by atoms with Gasteiger partial charge in [0, 0.05) is 30.6 Å². The average Bonchev–Trinajstić information content (AvgIpc) is 3.11. The van der Waals surface area contributed by atoms with Crippen LogP contribution in [0.25, 0.3) is 0 Å². The standard InChI is InChI=1S/C25H30N2O5S/c1-5-27(6-2)33(29,30)21-14-12-19(13-15-21)24(28)26-16-7-8-17-31-22-11-9-10-20-18-25(3,4)32-23(20)22/h9-15H,5-6,16-18H2,1-4H3,(H,26,28). The minimum absolute atomic E-state index is 0.151. The molecule has 2 aromatic carbocycles. The predicted octanol–water partition coefficient (Wildman–Crippen LogP) is 3.24. The fraction of sp³-hybridized carbons (Fsp3) is 0.400. The maximum absolute atomic E-state index is 12.5. The predicted molar refractivity (Wildman–Crippen MR) is 127 cm³/mol. The maximum atomic E-state index is 12.5. The average molecular weight is 471 g/mol. The third kappa shape index (κ3) is 5.86. The largest absolute Gasteiger partial charge is 0.483 e. The van der Waals surface area contributed by atoms with Crippen LogP contribution in [0.15, 0.2) is 47.4 Å². The van der Waals surface area contributed by atoms with Gasteiger partial charge in [-0.2, -0.15) is 4.31 Å². The second-order valence-corrected chi connectivity index (χ2v) is 10.2. The molecule has 0 fully saturated rings. The fourth-order valence-corrected chi connectivity index (χ4v) is 5.10. The number of carbonyl (C=O) groups excluding carboxylic acids is 1. The van der Waals surface area contributed by atoms with Crippen LogP contribution < -0.4 is 14.8 Å². The van der Waals surface area contributed by atoms with Gasteiger partial charge in [0.25, 0.3) is 5.91 Å². The Morgan fingerprint density at radius 1 is 1.12 bits per heavy atom. The summed E-state index contributed by atoms with van der Waals surface area (Å²) in [5, 5.41) is 2.70. The number of rotatable bonds is 8. The van der Waals surface area contributed by atoms with Crippen molar-refractivity contribution >= 4 is 15.9 Å². The molecule has 0 bridgehead atoms. The number of carbonyl (C=O) groups is 1. The van der Waals surface area contributed by atoms with Crippen molar-refractivity contribution < 1.29 is 22.7 Å². The highest BCUT2D eigenvalue weighted by Crippen LogP contribution is 2.41. The minimum Gasteiger partial charge on any atom is -0.483 e. The van der Waals surface area contributed by atoms with Crippen molar-refractivity contribution in [2.24, 2.45) is 0 Å². The van der Waals surface area contributed by atoms with E-state index in [1.54, 1.807) is 13.8 Å². The molecule has 1 N–H and O–H groups in total. The van der Waals surface area contributed by atoms with E-state index < -0.39 is 10.0 Å². The summed E-state index contributed by atoms with van der Waals surface area (Å²) in [5.74, 6) is 6.84. The van der Waals surface area contributed by atoms with Crippen molar-refractivity contribution in [2.75, 3.05) is 26.2 Å². The number of para-hydroxylation sites is 1. The van der Waals surface area contributed by atoms with Crippen LogP contribution in [0.2, 0.25) is 0 Å². The molecule has 2 aromatic rings. The monoisotopic (exact) mass is 470 g/mol. The van der Waals surface area contributed by atoms with Gasteiger partial charge in [-0.15, -0.1) is 0 Å². The molecule has 0 saturated carbocycles. The second-order valence-electron chi connectivity index (χ2n) is 8.22. The van der Waals surface area contributed by atoms with Gasteiger partial charge < -0.3 is 14.8 Å². The van der Waals surface area contributed by atoms with Gasteiger partial charge in [-0.05, 0) is 44.2 Å². The van der Waals surface area contributed by atoms with Crippen LogP contribution in [0.5, 0.6) is 11.5 Å². The quantitative estimate of drug-likeness (QED) is 0.599. The molecule has 0 radical (unpaired) electrons. The SMILES string of the molecule is CCN(CC)S(=O)(=O)c1ccc(C(=O)NCC#CCOc2cccc3c2OC(C)(C)C3)cc1. The third-order valence-electron chi connectivity index (χ3n) is 5.28. The van der Waals surface area contributed by atoms with Crippen LogP contribution in [-0.2, 0) is 16.4 Å². The molecule has 1 aliphatic rings. The van der Waals surface area contributed by atoms with E-state index in [1.807, 2.05) is 32.0 Å². The Balaban J connectivity index is 1.50. The maximum Gasteiger partial charge on any atom is 0.252 e. The molecule has 0 unspecified atom stereocenters. The van der Waals surface area contributed by atoms with Crippen molar-refractivity contribution in [3.05, 3.63) is 53.6 Å². The molecule has 33 heavy (non-hydrogen) atoms. The highest BCUT2D eigenvalue weighted by molar-refractivity contribution is 7.89. The van der Waals surface area contributed by atoms with Gasteiger partial charge in [-0.3, -0.25) is 4.79 Å². The minimum atomic E-state index is -3.55. The van der Waals surface area contributed by atoms with Crippen LogP contribution in [-0.4, -0.2) is 50.5 Å². The van der Waals surface area contributed by atoms with Gasteiger partial charge in [0.15, 0.2) is 11.5 Å². The van der Waals surface area contributed by atoms with E-state index in [9.17, 15) is 13.2 Å². The van der Waals surface area contributed by atoms with E-state index in [2.05, 4.69) is 17.2 Å². The van der Waals surface area contributed by atoms with Gasteiger partial charge in [0.1, 0.15) is 12.2 Å². The number of hydrogen-bond acceptors (Lipinski definition) is 5. The van der Waals surface area contributed by atoms with Gasteiger partial charge in [0.2, 0.25) is 10.0 Å². The van der Waals surface area contributed by atoms with Gasteiger partial charge in [-0.1, -0.05) is 37.8 Å². The number of nitrogens with zero attached hydrogens (tertiary/aromatic N) is 1. The van der Waals surface area contributed by atoms with Crippen molar-refractivity contribution in [3.8, 4) is 23.3 Å². The Hall–Kier alpha value is -3.02. The highest BCUT2D eigenvalue weighted by Gasteiger charge is 2.32. The van der Waals surface area contributed by atoms with Crippen molar-refractivity contribution in [3.63, 3.8) is 0 Å². The normalized spacial score (nSPS) is 14.1. The first-order valence-electron chi connectivity index (χ1n) is 11.0. The van der Waals surface area contributed by atoms with Crippen LogP contribution in [0, 0.1) is 11.8 Å². The van der Waals surface area contributed by atoms with Crippen LogP contribution in [0.3, 0.4) is 0 Å². The molecule has 7 nitrogen and oxygen atoms in total. The number of sulfonamides is 1. The Bertz CT molecular complexity index is 1160. The fourth-order valence-electron chi connectivity index (χ4n) is 3.65. The smallest absolute Gasteiger partial charge is 0.252 e. The second kappa shape index (κ2) is 10.3. The lowest BCUT2D eigenvalue weighted by atomic mass is 10.0. The van der Waals surface area contributed by atoms with Crippen molar-refractivity contribution in [2.45, 2.75) is 44.6 Å². The molecule has 1 amide bonds. The van der Waals surface area contributed by atoms with E-state index in [0.29, 0.717) is 24.4 Å². The van der Waals surface area contributed by atoms with Crippen molar-refractivity contribution in [1.29, 1.82) is 0 Å². The van der Waals surface area contributed by atoms with E-state index in [0.717, 1.165) is 17.7 Å². The number of amides is 1. The Labute approximate surface area is 196 Å². The van der Waals surface area contributed by atoms with Crippen LogP contribution >= 0.6 is 0 Å². The summed E-state index contributed by atoms with van der Waals surface area (Å²) in [6.07, 6.45) is 0.833. The topological polar surface area (TPSA) is 84.9 Å². The first kappa shape index (κ1) is 24.6. The first-order valence-corrected chi connectivity index (χ1v) is 12.4. The summed E-state index contributed by atoms with van der Waals surface area (Å²) >= 11 is 0. The molecule has 0 aliphatic carbocycles. The highest BCUT2D eigenvalue weighted by atomic mass is 32.2. The molecular weight excluding hydrogens is 440 g/mol. The zero-order valence-electron chi connectivity index (χ0n) is 19.5. The number of ether oxygens (including phenoxy) is 2. The van der Waals surface area contributed by atoms with Crippen LogP contribution in [0.4, 0.5) is 0 Å². The summed E-state index contributed by atoms with van der Waals surface area (Å²) in [4.78, 5) is 12.5. The number of fused-ring (bicyclic) bond motifs is 1. The van der Waals surface area contributed by atoms with E-state index in [1.165, 1.54) is 28.6 Å². The molecule has 3 rings (SSSR count). The Morgan fingerprint density at radius 2 is 1.82 bits per heavy atom. The summed E-state index contributed by atoms with van der Waals surface area (Å²) in [5.41, 5.74) is 1.24. The number of nitrogens with one attached hydrogen (secondary N) is 1. The Morgan fingerprint density at radius 3 is 2.48 bits per heavy atom. The molecule has 1 heterocycles. The van der Waals surface area contributed by atoms with Crippen LogP contribution in [0.1, 0.15) is 43.6 Å². The van der Waals surface area contributed by atoms with Crippen molar-refractivity contribution in [1.82, 2.24) is 9.62 Å². The Kier molecular flexibility index (Phi) is 7.67. The zero-order valence-corrected chi connectivity index (χ0v) is 20.3. The summed E-state index contributed by atoms with van der Waals surface area (Å²) in [6.45, 7) is 8.76. The van der Waals surface area contributed by atoms with E-state index >= 15 is 0 Å². The molecule has 0 saturated heterocycles. The summed E-state index contributed by atoms with van der Waals surface area (Å²) in [7, 11) is -3.55. The molecular formula is C25H30N2O5S. The molecule has 0 spiro atoms. The molecule has 176 valence electrons. The summed E-state index contributed by atoms with van der Waals surface area (Å²) in [6, 6.07) is 11.7. The molecule has 0 aromatic heterocycles. The van der Waals surface area contributed by atoms with E-state index in [4.69, 9.17) is 9.47 Å². The van der Waals surface area contributed by atoms with Gasteiger partial charge >= 0.3 is 0 Å². The molecule has 0 atom stereocenters. The first-order chi connectivity index (χ1) is 15.7. The van der Waals surface area contributed by atoms with Gasteiger partial charge in [-0.25, -0.2) is 8.42 Å². The molecule has 8 heteroatoms. The zero-order chi connectivity index (χ0) is 24.1. The lowest BCUT2D eigenvalue weighted by molar-refractivity contribution is 0.0958. The lowest BCUT2D eigenvalue weighted by Gasteiger charge is -2.18.